The molecule has 0 fully saturated rings. The SMILES string of the molecule is O=C(/C=C/c1ccc(OCc2ccccc2)cc1)c1ccc(C(F)(F)F)cc1. The molecule has 0 saturated carbocycles. The molecule has 0 N–H and O–H groups in total. The minimum absolute atomic E-state index is 0.201. The van der Waals surface area contributed by atoms with Crippen molar-refractivity contribution in [1.29, 1.82) is 0 Å². The van der Waals surface area contributed by atoms with Crippen molar-refractivity contribution in [3.8, 4) is 5.75 Å². The van der Waals surface area contributed by atoms with Crippen LogP contribution in [0.15, 0.2) is 84.9 Å². The third kappa shape index (κ3) is 5.33. The van der Waals surface area contributed by atoms with Gasteiger partial charge in [-0.25, -0.2) is 0 Å². The van der Waals surface area contributed by atoms with Gasteiger partial charge in [-0.2, -0.15) is 13.2 Å². The summed E-state index contributed by atoms with van der Waals surface area (Å²) in [6.45, 7) is 0.461. The topological polar surface area (TPSA) is 26.3 Å². The van der Waals surface area contributed by atoms with E-state index in [2.05, 4.69) is 0 Å². The molecule has 0 amide bonds. The van der Waals surface area contributed by atoms with Crippen molar-refractivity contribution >= 4 is 11.9 Å². The van der Waals surface area contributed by atoms with Gasteiger partial charge in [0.1, 0.15) is 12.4 Å². The van der Waals surface area contributed by atoms with Gasteiger partial charge in [0.2, 0.25) is 0 Å². The zero-order valence-electron chi connectivity index (χ0n) is 14.8. The van der Waals surface area contributed by atoms with Crippen molar-refractivity contribution in [2.24, 2.45) is 0 Å². The first-order chi connectivity index (χ1) is 13.4. The number of ketones is 1. The van der Waals surface area contributed by atoms with Crippen molar-refractivity contribution in [2.45, 2.75) is 12.8 Å². The number of allylic oxidation sites excluding steroid dienone is 1. The van der Waals surface area contributed by atoms with Gasteiger partial charge >= 0.3 is 6.18 Å². The number of benzene rings is 3. The van der Waals surface area contributed by atoms with E-state index in [1.807, 2.05) is 30.3 Å². The summed E-state index contributed by atoms with van der Waals surface area (Å²) in [7, 11) is 0. The van der Waals surface area contributed by atoms with Gasteiger partial charge in [0.05, 0.1) is 5.56 Å². The van der Waals surface area contributed by atoms with Crippen LogP contribution in [0.25, 0.3) is 6.08 Å². The molecule has 0 bridgehead atoms. The monoisotopic (exact) mass is 382 g/mol. The fourth-order valence-electron chi connectivity index (χ4n) is 2.51. The fraction of sp³-hybridized carbons (Fsp3) is 0.0870. The van der Waals surface area contributed by atoms with E-state index in [0.717, 1.165) is 23.3 Å². The Morgan fingerprint density at radius 3 is 2.11 bits per heavy atom. The second-order valence-corrected chi connectivity index (χ2v) is 6.12. The lowest BCUT2D eigenvalue weighted by Gasteiger charge is -2.06. The van der Waals surface area contributed by atoms with Crippen LogP contribution in [-0.2, 0) is 12.8 Å². The van der Waals surface area contributed by atoms with Gasteiger partial charge in [-0.3, -0.25) is 4.79 Å². The molecule has 0 saturated heterocycles. The third-order valence-electron chi connectivity index (χ3n) is 4.05. The minimum atomic E-state index is -4.41. The number of carbonyl (C=O) groups excluding carboxylic acids is 1. The molecule has 0 aliphatic carbocycles. The number of carbonyl (C=O) groups is 1. The Morgan fingerprint density at radius 1 is 0.857 bits per heavy atom. The van der Waals surface area contributed by atoms with Crippen LogP contribution in [0.4, 0.5) is 13.2 Å². The Bertz CT molecular complexity index is 942. The van der Waals surface area contributed by atoms with Crippen LogP contribution in [0.5, 0.6) is 5.75 Å². The smallest absolute Gasteiger partial charge is 0.416 e. The Labute approximate surface area is 160 Å². The summed E-state index contributed by atoms with van der Waals surface area (Å²) in [5.74, 6) is 0.341. The molecule has 0 aliphatic heterocycles. The number of alkyl halides is 3. The summed E-state index contributed by atoms with van der Waals surface area (Å²) < 4.78 is 43.4. The van der Waals surface area contributed by atoms with Crippen LogP contribution in [0, 0.1) is 0 Å². The molecule has 3 aromatic carbocycles. The summed E-state index contributed by atoms with van der Waals surface area (Å²) in [4.78, 5) is 12.1. The average Bonchev–Trinajstić information content (AvgIpc) is 2.71. The molecule has 28 heavy (non-hydrogen) atoms. The van der Waals surface area contributed by atoms with Crippen LogP contribution in [0.3, 0.4) is 0 Å². The molecular weight excluding hydrogens is 365 g/mol. The average molecular weight is 382 g/mol. The molecule has 3 rings (SSSR count). The standard InChI is InChI=1S/C23H17F3O2/c24-23(25,26)20-11-9-19(10-12-20)22(27)15-8-17-6-13-21(14-7-17)28-16-18-4-2-1-3-5-18/h1-15H,16H2/b15-8+. The molecule has 2 nitrogen and oxygen atoms in total. The number of hydrogen-bond acceptors (Lipinski definition) is 2. The highest BCUT2D eigenvalue weighted by Crippen LogP contribution is 2.29. The molecule has 5 heteroatoms. The lowest BCUT2D eigenvalue weighted by atomic mass is 10.1. The molecule has 0 unspecified atom stereocenters. The van der Waals surface area contributed by atoms with Crippen LogP contribution in [0.1, 0.15) is 27.0 Å². The van der Waals surface area contributed by atoms with Gasteiger partial charge in [0.25, 0.3) is 0 Å². The zero-order valence-corrected chi connectivity index (χ0v) is 14.8. The van der Waals surface area contributed by atoms with Gasteiger partial charge < -0.3 is 4.74 Å². The van der Waals surface area contributed by atoms with Gasteiger partial charge in [-0.15, -0.1) is 0 Å². The van der Waals surface area contributed by atoms with Gasteiger partial charge in [-0.1, -0.05) is 60.7 Å². The first-order valence-electron chi connectivity index (χ1n) is 8.58. The van der Waals surface area contributed by atoms with E-state index >= 15 is 0 Å². The lowest BCUT2D eigenvalue weighted by Crippen LogP contribution is -2.05. The van der Waals surface area contributed by atoms with Crippen LogP contribution in [-0.4, -0.2) is 5.78 Å². The van der Waals surface area contributed by atoms with Crippen LogP contribution in [0.2, 0.25) is 0 Å². The van der Waals surface area contributed by atoms with E-state index in [9.17, 15) is 18.0 Å². The highest BCUT2D eigenvalue weighted by molar-refractivity contribution is 6.06. The van der Waals surface area contributed by atoms with Crippen LogP contribution < -0.4 is 4.74 Å². The van der Waals surface area contributed by atoms with E-state index in [1.165, 1.54) is 18.2 Å². The number of rotatable bonds is 6. The minimum Gasteiger partial charge on any atom is -0.489 e. The third-order valence-corrected chi connectivity index (χ3v) is 4.05. The molecule has 0 aromatic heterocycles. The summed E-state index contributed by atoms with van der Waals surface area (Å²) in [5, 5.41) is 0. The van der Waals surface area contributed by atoms with Crippen molar-refractivity contribution < 1.29 is 22.7 Å². The van der Waals surface area contributed by atoms with E-state index < -0.39 is 11.7 Å². The van der Waals surface area contributed by atoms with Crippen molar-refractivity contribution in [3.63, 3.8) is 0 Å². The molecule has 0 heterocycles. The highest BCUT2D eigenvalue weighted by Gasteiger charge is 2.30. The lowest BCUT2D eigenvalue weighted by molar-refractivity contribution is -0.137. The highest BCUT2D eigenvalue weighted by atomic mass is 19.4. The Morgan fingerprint density at radius 2 is 1.50 bits per heavy atom. The van der Waals surface area contributed by atoms with Crippen molar-refractivity contribution in [2.75, 3.05) is 0 Å². The molecular formula is C23H17F3O2. The summed E-state index contributed by atoms with van der Waals surface area (Å²) >= 11 is 0. The van der Waals surface area contributed by atoms with Crippen molar-refractivity contribution in [1.82, 2.24) is 0 Å². The Hall–Kier alpha value is -3.34. The molecule has 0 radical (unpaired) electrons. The maximum Gasteiger partial charge on any atom is 0.416 e. The Balaban J connectivity index is 1.58. The number of halogens is 3. The van der Waals surface area contributed by atoms with Crippen LogP contribution >= 0.6 is 0 Å². The van der Waals surface area contributed by atoms with Gasteiger partial charge in [0.15, 0.2) is 5.78 Å². The molecule has 3 aromatic rings. The normalized spacial score (nSPS) is 11.5. The predicted octanol–water partition coefficient (Wildman–Crippen LogP) is 6.18. The molecule has 0 spiro atoms. The molecule has 0 aliphatic rings. The van der Waals surface area contributed by atoms with E-state index in [4.69, 9.17) is 4.74 Å². The van der Waals surface area contributed by atoms with E-state index in [-0.39, 0.29) is 11.3 Å². The van der Waals surface area contributed by atoms with Gasteiger partial charge in [0, 0.05) is 5.56 Å². The quantitative estimate of drug-likeness (QED) is 0.376. The second-order valence-electron chi connectivity index (χ2n) is 6.12. The summed E-state index contributed by atoms with van der Waals surface area (Å²) in [6, 6.07) is 21.1. The van der Waals surface area contributed by atoms with E-state index in [1.54, 1.807) is 30.3 Å². The zero-order chi connectivity index (χ0) is 20.0. The first kappa shape index (κ1) is 19.4. The largest absolute Gasteiger partial charge is 0.489 e. The Kier molecular flexibility index (Phi) is 5.94. The summed E-state index contributed by atoms with van der Waals surface area (Å²) in [6.07, 6.45) is -1.47. The van der Waals surface area contributed by atoms with E-state index in [0.29, 0.717) is 12.4 Å². The number of ether oxygens (including phenoxy) is 1. The van der Waals surface area contributed by atoms with Gasteiger partial charge in [-0.05, 0) is 41.5 Å². The second kappa shape index (κ2) is 8.57. The maximum absolute atomic E-state index is 12.6. The first-order valence-corrected chi connectivity index (χ1v) is 8.58. The number of hydrogen-bond donors (Lipinski definition) is 0. The van der Waals surface area contributed by atoms with Crippen molar-refractivity contribution in [3.05, 3.63) is 107 Å². The fourth-order valence-corrected chi connectivity index (χ4v) is 2.51. The molecule has 142 valence electrons. The summed E-state index contributed by atoms with van der Waals surface area (Å²) in [5.41, 5.74) is 1.27. The maximum atomic E-state index is 12.6. The predicted molar refractivity (Wildman–Crippen MR) is 102 cm³/mol. The molecule has 0 atom stereocenters.